The molecule has 2 aromatic heterocycles. The van der Waals surface area contributed by atoms with Crippen molar-refractivity contribution in [3.05, 3.63) is 52.5 Å². The van der Waals surface area contributed by atoms with Crippen LogP contribution in [0.15, 0.2) is 41.1 Å². The third-order valence-electron chi connectivity index (χ3n) is 3.88. The lowest BCUT2D eigenvalue weighted by Crippen LogP contribution is -3.00. The van der Waals surface area contributed by atoms with Crippen molar-refractivity contribution >= 4 is 32.7 Å². The van der Waals surface area contributed by atoms with E-state index in [1.54, 1.807) is 31.4 Å². The van der Waals surface area contributed by atoms with Crippen LogP contribution in [0.4, 0.5) is 0 Å². The molecule has 24 heavy (non-hydrogen) atoms. The van der Waals surface area contributed by atoms with E-state index in [2.05, 4.69) is 20.9 Å². The van der Waals surface area contributed by atoms with Gasteiger partial charge in [0.25, 0.3) is 0 Å². The summed E-state index contributed by atoms with van der Waals surface area (Å²) < 4.78 is 9.90. The van der Waals surface area contributed by atoms with Gasteiger partial charge in [-0.25, -0.2) is 4.98 Å². The average molecular weight is 455 g/mol. The third-order valence-corrected chi connectivity index (χ3v) is 4.46. The number of carbonyl (C=O) groups is 1. The molecular formula is C17H17Br2N3O2. The molecule has 0 N–H and O–H groups in total. The van der Waals surface area contributed by atoms with Gasteiger partial charge in [0.05, 0.1) is 12.6 Å². The summed E-state index contributed by atoms with van der Waals surface area (Å²) in [4.78, 5) is 17.0. The predicted octanol–water partition coefficient (Wildman–Crippen LogP) is -0.173. The Morgan fingerprint density at radius 3 is 2.58 bits per heavy atom. The molecule has 0 bridgehead atoms. The van der Waals surface area contributed by atoms with Crippen molar-refractivity contribution < 1.29 is 31.1 Å². The number of carbonyl (C=O) groups excluding carboxylic acids is 1. The fourth-order valence-electron chi connectivity index (χ4n) is 2.53. The van der Waals surface area contributed by atoms with Gasteiger partial charge < -0.3 is 26.3 Å². The molecule has 0 spiro atoms. The van der Waals surface area contributed by atoms with Crippen molar-refractivity contribution in [3.8, 4) is 5.75 Å². The van der Waals surface area contributed by atoms with Crippen molar-refractivity contribution in [2.75, 3.05) is 7.11 Å². The number of hydrogen-bond acceptors (Lipinski definition) is 3. The molecule has 5 nitrogen and oxygen atoms in total. The number of hydrogen-bond donors (Lipinski definition) is 0. The highest BCUT2D eigenvalue weighted by atomic mass is 79.9. The van der Waals surface area contributed by atoms with Crippen LogP contribution >= 0.6 is 15.9 Å². The molecular weight excluding hydrogens is 438 g/mol. The first kappa shape index (κ1) is 18.6. The Bertz CT molecular complexity index is 889. The lowest BCUT2D eigenvalue weighted by Gasteiger charge is -2.02. The fourth-order valence-corrected chi connectivity index (χ4v) is 3.27. The van der Waals surface area contributed by atoms with E-state index < -0.39 is 0 Å². The highest BCUT2D eigenvalue weighted by molar-refractivity contribution is 9.10. The second-order valence-electron chi connectivity index (χ2n) is 5.38. The number of nitrogens with zero attached hydrogens (tertiary/aromatic N) is 3. The number of fused-ring (bicyclic) bond motifs is 1. The first-order valence-corrected chi connectivity index (χ1v) is 7.98. The predicted molar refractivity (Wildman–Crippen MR) is 90.7 cm³/mol. The topological polar surface area (TPSA) is 48.0 Å². The largest absolute Gasteiger partial charge is 1.00 e. The number of aryl methyl sites for hydroxylation is 2. The Kier molecular flexibility index (Phi) is 5.77. The standard InChI is InChI=1S/C17H17BrN3O2.BrH/c1-11-19-15-9-21(8-14(18)17(15)20(11)2)10-16(22)12-4-6-13(23-3)7-5-12;/h4-9H,10H2,1-3H3;1H/q+1;/p-1. The van der Waals surface area contributed by atoms with E-state index in [0.717, 1.165) is 27.1 Å². The van der Waals surface area contributed by atoms with Gasteiger partial charge in [-0.05, 0) is 47.1 Å². The van der Waals surface area contributed by atoms with Crippen LogP contribution in [0.2, 0.25) is 0 Å². The Morgan fingerprint density at radius 1 is 1.29 bits per heavy atom. The number of ketones is 1. The minimum absolute atomic E-state index is 0. The van der Waals surface area contributed by atoms with Crippen molar-refractivity contribution in [1.29, 1.82) is 0 Å². The van der Waals surface area contributed by atoms with Crippen molar-refractivity contribution in [2.24, 2.45) is 7.05 Å². The number of halogens is 2. The molecule has 2 heterocycles. The molecule has 1 aromatic carbocycles. The summed E-state index contributed by atoms with van der Waals surface area (Å²) in [5, 5.41) is 0. The van der Waals surface area contributed by atoms with Gasteiger partial charge >= 0.3 is 0 Å². The van der Waals surface area contributed by atoms with E-state index in [4.69, 9.17) is 4.74 Å². The van der Waals surface area contributed by atoms with Crippen molar-refractivity contribution in [2.45, 2.75) is 13.5 Å². The maximum atomic E-state index is 12.4. The SMILES string of the molecule is COc1ccc(C(=O)C[n+]2cc(Br)c3c(c2)nc(C)n3C)cc1.[Br-]. The zero-order valence-corrected chi connectivity index (χ0v) is 16.8. The molecule has 3 rings (SSSR count). The molecule has 0 saturated carbocycles. The normalized spacial score (nSPS) is 10.5. The van der Waals surface area contributed by atoms with Gasteiger partial charge in [0, 0.05) is 12.6 Å². The number of pyridine rings is 1. The number of aromatic nitrogens is 3. The molecule has 126 valence electrons. The van der Waals surface area contributed by atoms with Gasteiger partial charge in [-0.15, -0.1) is 0 Å². The molecule has 0 aliphatic carbocycles. The number of methoxy groups -OCH3 is 1. The maximum Gasteiger partial charge on any atom is 0.227 e. The zero-order chi connectivity index (χ0) is 16.6. The number of benzene rings is 1. The van der Waals surface area contributed by atoms with Gasteiger partial charge in [-0.2, -0.15) is 4.57 Å². The van der Waals surface area contributed by atoms with Gasteiger partial charge in [0.2, 0.25) is 12.3 Å². The van der Waals surface area contributed by atoms with Gasteiger partial charge in [0.15, 0.2) is 17.9 Å². The first-order valence-electron chi connectivity index (χ1n) is 7.18. The molecule has 0 radical (unpaired) electrons. The molecule has 0 unspecified atom stereocenters. The zero-order valence-electron chi connectivity index (χ0n) is 13.6. The summed E-state index contributed by atoms with van der Waals surface area (Å²) in [6.45, 7) is 2.22. The third kappa shape index (κ3) is 3.52. The van der Waals surface area contributed by atoms with Gasteiger partial charge in [-0.3, -0.25) is 4.79 Å². The summed E-state index contributed by atoms with van der Waals surface area (Å²) in [7, 11) is 3.58. The molecule has 0 fully saturated rings. The summed E-state index contributed by atoms with van der Waals surface area (Å²) in [5.74, 6) is 1.71. The Balaban J connectivity index is 0.00000208. The number of rotatable bonds is 4. The monoisotopic (exact) mass is 453 g/mol. The van der Waals surface area contributed by atoms with E-state index >= 15 is 0 Å². The fraction of sp³-hybridized carbons (Fsp3) is 0.235. The minimum Gasteiger partial charge on any atom is -1.00 e. The molecule has 3 aromatic rings. The molecule has 7 heteroatoms. The van der Waals surface area contributed by atoms with Gasteiger partial charge in [-0.1, -0.05) is 0 Å². The van der Waals surface area contributed by atoms with Crippen LogP contribution in [-0.2, 0) is 13.6 Å². The number of Topliss-reactive ketones (excluding diaryl/α,β-unsaturated/α-hetero) is 1. The minimum atomic E-state index is 0. The molecule has 0 atom stereocenters. The Morgan fingerprint density at radius 2 is 1.96 bits per heavy atom. The highest BCUT2D eigenvalue weighted by Crippen LogP contribution is 2.22. The van der Waals surface area contributed by atoms with Crippen LogP contribution in [0.5, 0.6) is 5.75 Å². The van der Waals surface area contributed by atoms with Crippen LogP contribution < -0.4 is 26.3 Å². The van der Waals surface area contributed by atoms with Gasteiger partial charge in [0.1, 0.15) is 16.0 Å². The van der Waals surface area contributed by atoms with Crippen LogP contribution in [-0.4, -0.2) is 22.4 Å². The van der Waals surface area contributed by atoms with Crippen molar-refractivity contribution in [3.63, 3.8) is 0 Å². The molecule has 0 aliphatic rings. The van der Waals surface area contributed by atoms with Crippen molar-refractivity contribution in [1.82, 2.24) is 9.55 Å². The second kappa shape index (κ2) is 7.44. The quantitative estimate of drug-likeness (QED) is 0.406. The summed E-state index contributed by atoms with van der Waals surface area (Å²) in [5.41, 5.74) is 2.55. The lowest BCUT2D eigenvalue weighted by atomic mass is 10.1. The number of ether oxygens (including phenoxy) is 1. The van der Waals surface area contributed by atoms with E-state index in [1.165, 1.54) is 0 Å². The average Bonchev–Trinajstić information content (AvgIpc) is 2.82. The van der Waals surface area contributed by atoms with Crippen LogP contribution in [0.25, 0.3) is 11.0 Å². The maximum absolute atomic E-state index is 12.4. The smallest absolute Gasteiger partial charge is 0.227 e. The van der Waals surface area contributed by atoms with Crippen LogP contribution in [0, 0.1) is 6.92 Å². The summed E-state index contributed by atoms with van der Waals surface area (Å²) >= 11 is 3.57. The van der Waals surface area contributed by atoms with E-state index in [0.29, 0.717) is 5.56 Å². The van der Waals surface area contributed by atoms with Crippen LogP contribution in [0.1, 0.15) is 16.2 Å². The number of imidazole rings is 1. The highest BCUT2D eigenvalue weighted by Gasteiger charge is 2.18. The van der Waals surface area contributed by atoms with E-state index in [1.807, 2.05) is 35.5 Å². The summed E-state index contributed by atoms with van der Waals surface area (Å²) in [6, 6.07) is 7.14. The van der Waals surface area contributed by atoms with E-state index in [9.17, 15) is 4.79 Å². The molecule has 0 amide bonds. The van der Waals surface area contributed by atoms with E-state index in [-0.39, 0.29) is 29.3 Å². The summed E-state index contributed by atoms with van der Waals surface area (Å²) in [6.07, 6.45) is 3.80. The Hall–Kier alpha value is -1.73. The van der Waals surface area contributed by atoms with Crippen LogP contribution in [0.3, 0.4) is 0 Å². The first-order chi connectivity index (χ1) is 11.0. The lowest BCUT2D eigenvalue weighted by molar-refractivity contribution is -0.682. The molecule has 0 saturated heterocycles. The molecule has 0 aliphatic heterocycles. The second-order valence-corrected chi connectivity index (χ2v) is 6.24. The Labute approximate surface area is 159 Å².